The highest BCUT2D eigenvalue weighted by Crippen LogP contribution is 2.41. The molecule has 106 valence electrons. The maximum atomic E-state index is 10.9. The van der Waals surface area contributed by atoms with E-state index in [9.17, 15) is 9.36 Å². The van der Waals surface area contributed by atoms with Crippen molar-refractivity contribution in [2.75, 3.05) is 6.16 Å². The van der Waals surface area contributed by atoms with Crippen molar-refractivity contribution < 1.29 is 24.3 Å². The van der Waals surface area contributed by atoms with Crippen LogP contribution >= 0.6 is 7.60 Å². The second-order valence-electron chi connectivity index (χ2n) is 5.13. The summed E-state index contributed by atoms with van der Waals surface area (Å²) in [6.07, 6.45) is 3.61. The van der Waals surface area contributed by atoms with Crippen LogP contribution < -0.4 is 5.73 Å². The molecule has 0 amide bonds. The largest absolute Gasteiger partial charge is 0.481 e. The van der Waals surface area contributed by atoms with Crippen LogP contribution in [0, 0.1) is 11.8 Å². The molecule has 0 aliphatic heterocycles. The fourth-order valence-corrected chi connectivity index (χ4v) is 3.46. The van der Waals surface area contributed by atoms with Crippen molar-refractivity contribution in [3.63, 3.8) is 0 Å². The number of hydrogen-bond acceptors (Lipinski definition) is 3. The molecule has 1 fully saturated rings. The predicted molar refractivity (Wildman–Crippen MR) is 67.2 cm³/mol. The van der Waals surface area contributed by atoms with Crippen LogP contribution in [0.25, 0.3) is 0 Å². The van der Waals surface area contributed by atoms with Crippen LogP contribution in [0.5, 0.6) is 0 Å². The predicted octanol–water partition coefficient (Wildman–Crippen LogP) is 1.16. The zero-order chi connectivity index (χ0) is 13.8. The Morgan fingerprint density at radius 2 is 1.94 bits per heavy atom. The highest BCUT2D eigenvalue weighted by Gasteiger charge is 2.32. The number of rotatable bonds is 6. The minimum atomic E-state index is -4.00. The van der Waals surface area contributed by atoms with Gasteiger partial charge in [0, 0.05) is 12.5 Å². The van der Waals surface area contributed by atoms with Crippen LogP contribution in [-0.2, 0) is 9.36 Å². The fourth-order valence-electron chi connectivity index (χ4n) is 2.83. The highest BCUT2D eigenvalue weighted by molar-refractivity contribution is 7.51. The van der Waals surface area contributed by atoms with Gasteiger partial charge in [-0.2, -0.15) is 0 Å². The summed E-state index contributed by atoms with van der Waals surface area (Å²) in [5.74, 6) is -0.620. The van der Waals surface area contributed by atoms with Crippen LogP contribution in [-0.4, -0.2) is 33.1 Å². The number of carboxylic acid groups (broad SMARTS) is 1. The van der Waals surface area contributed by atoms with Crippen molar-refractivity contribution in [1.29, 1.82) is 0 Å². The molecule has 1 aliphatic carbocycles. The maximum Gasteiger partial charge on any atom is 0.325 e. The number of carboxylic acids is 1. The van der Waals surface area contributed by atoms with Gasteiger partial charge in [0.2, 0.25) is 0 Å². The molecular weight excluding hydrogens is 257 g/mol. The molecule has 3 unspecified atom stereocenters. The Labute approximate surface area is 107 Å². The first kappa shape index (κ1) is 15.6. The van der Waals surface area contributed by atoms with Crippen molar-refractivity contribution in [1.82, 2.24) is 0 Å². The van der Waals surface area contributed by atoms with E-state index in [0.29, 0.717) is 12.8 Å². The van der Waals surface area contributed by atoms with E-state index in [1.54, 1.807) is 0 Å². The van der Waals surface area contributed by atoms with Gasteiger partial charge in [0.05, 0.1) is 6.16 Å². The normalized spacial score (nSPS) is 29.2. The summed E-state index contributed by atoms with van der Waals surface area (Å²) >= 11 is 0. The molecule has 6 nitrogen and oxygen atoms in total. The van der Waals surface area contributed by atoms with Crippen LogP contribution in [0.4, 0.5) is 0 Å². The SMILES string of the molecule is NC1CCCC(CCC(=O)O)C1CCP(=O)(O)O. The first-order valence-electron chi connectivity index (χ1n) is 6.31. The summed E-state index contributed by atoms with van der Waals surface area (Å²) in [7, 11) is -4.00. The third-order valence-corrected chi connectivity index (χ3v) is 4.59. The Bertz CT molecular complexity index is 329. The quantitative estimate of drug-likeness (QED) is 0.541. The van der Waals surface area contributed by atoms with Gasteiger partial charge in [-0.25, -0.2) is 0 Å². The van der Waals surface area contributed by atoms with Crippen molar-refractivity contribution in [2.45, 2.75) is 44.6 Å². The maximum absolute atomic E-state index is 10.9. The molecule has 0 saturated heterocycles. The Kier molecular flexibility index (Phi) is 5.79. The average Bonchev–Trinajstić information content (AvgIpc) is 2.23. The molecule has 1 rings (SSSR count). The highest BCUT2D eigenvalue weighted by atomic mass is 31.2. The lowest BCUT2D eigenvalue weighted by molar-refractivity contribution is -0.137. The first-order valence-corrected chi connectivity index (χ1v) is 8.11. The van der Waals surface area contributed by atoms with Crippen molar-refractivity contribution >= 4 is 13.6 Å². The van der Waals surface area contributed by atoms with Crippen molar-refractivity contribution in [3.8, 4) is 0 Å². The van der Waals surface area contributed by atoms with E-state index in [0.717, 1.165) is 19.3 Å². The standard InChI is InChI=1S/C11H22NO5P/c12-10-3-1-2-8(4-5-11(13)14)9(10)6-7-18(15,16)17/h8-10H,1-7,12H2,(H,13,14)(H2,15,16,17). The van der Waals surface area contributed by atoms with Crippen molar-refractivity contribution in [3.05, 3.63) is 0 Å². The zero-order valence-electron chi connectivity index (χ0n) is 10.4. The molecule has 0 heterocycles. The van der Waals surface area contributed by atoms with E-state index < -0.39 is 13.6 Å². The van der Waals surface area contributed by atoms with Gasteiger partial charge in [-0.05, 0) is 31.1 Å². The molecule has 3 atom stereocenters. The van der Waals surface area contributed by atoms with Crippen LogP contribution in [0.1, 0.15) is 38.5 Å². The van der Waals surface area contributed by atoms with Crippen LogP contribution in [0.2, 0.25) is 0 Å². The average molecular weight is 279 g/mol. The van der Waals surface area contributed by atoms with Gasteiger partial charge in [0.15, 0.2) is 0 Å². The summed E-state index contributed by atoms with van der Waals surface area (Å²) < 4.78 is 10.9. The molecule has 0 bridgehead atoms. The van der Waals surface area contributed by atoms with Gasteiger partial charge < -0.3 is 20.6 Å². The lowest BCUT2D eigenvalue weighted by Crippen LogP contribution is -2.39. The van der Waals surface area contributed by atoms with Gasteiger partial charge in [-0.1, -0.05) is 12.8 Å². The molecular formula is C11H22NO5P. The second-order valence-corrected chi connectivity index (χ2v) is 6.90. The molecule has 0 spiro atoms. The second kappa shape index (κ2) is 6.66. The number of nitrogens with two attached hydrogens (primary N) is 1. The molecule has 1 aliphatic rings. The summed E-state index contributed by atoms with van der Waals surface area (Å²) in [4.78, 5) is 28.4. The lowest BCUT2D eigenvalue weighted by Gasteiger charge is -2.36. The summed E-state index contributed by atoms with van der Waals surface area (Å²) in [6, 6.07) is -0.0657. The van der Waals surface area contributed by atoms with E-state index in [1.165, 1.54) is 0 Å². The fraction of sp³-hybridized carbons (Fsp3) is 0.909. The Hall–Kier alpha value is -0.420. The third-order valence-electron chi connectivity index (χ3n) is 3.75. The molecule has 0 aromatic rings. The number of carbonyl (C=O) groups is 1. The minimum Gasteiger partial charge on any atom is -0.481 e. The van der Waals surface area contributed by atoms with E-state index in [2.05, 4.69) is 0 Å². The minimum absolute atomic E-state index is 0.0331. The first-order chi connectivity index (χ1) is 8.29. The van der Waals surface area contributed by atoms with Gasteiger partial charge in [0.1, 0.15) is 0 Å². The molecule has 0 aromatic carbocycles. The third kappa shape index (κ3) is 5.48. The van der Waals surface area contributed by atoms with Gasteiger partial charge in [-0.3, -0.25) is 9.36 Å². The number of hydrogen-bond donors (Lipinski definition) is 4. The van der Waals surface area contributed by atoms with Crippen LogP contribution in [0.15, 0.2) is 0 Å². The number of aliphatic carboxylic acids is 1. The Morgan fingerprint density at radius 1 is 1.28 bits per heavy atom. The van der Waals surface area contributed by atoms with Gasteiger partial charge in [-0.15, -0.1) is 0 Å². The lowest BCUT2D eigenvalue weighted by atomic mass is 9.73. The summed E-state index contributed by atoms with van der Waals surface area (Å²) in [6.45, 7) is 0. The Balaban J connectivity index is 2.55. The molecule has 0 aromatic heterocycles. The van der Waals surface area contributed by atoms with E-state index in [1.807, 2.05) is 0 Å². The van der Waals surface area contributed by atoms with Gasteiger partial charge >= 0.3 is 13.6 Å². The van der Waals surface area contributed by atoms with Crippen molar-refractivity contribution in [2.24, 2.45) is 17.6 Å². The summed E-state index contributed by atoms with van der Waals surface area (Å²) in [5.41, 5.74) is 6.00. The zero-order valence-corrected chi connectivity index (χ0v) is 11.3. The monoisotopic (exact) mass is 279 g/mol. The summed E-state index contributed by atoms with van der Waals surface area (Å²) in [5, 5.41) is 8.70. The molecule has 7 heteroatoms. The van der Waals surface area contributed by atoms with E-state index in [4.69, 9.17) is 20.6 Å². The van der Waals surface area contributed by atoms with Gasteiger partial charge in [0.25, 0.3) is 0 Å². The van der Waals surface area contributed by atoms with Crippen LogP contribution in [0.3, 0.4) is 0 Å². The topological polar surface area (TPSA) is 121 Å². The Morgan fingerprint density at radius 3 is 2.50 bits per heavy atom. The van der Waals surface area contributed by atoms with E-state index in [-0.39, 0.29) is 30.5 Å². The van der Waals surface area contributed by atoms with E-state index >= 15 is 0 Å². The molecule has 18 heavy (non-hydrogen) atoms. The smallest absolute Gasteiger partial charge is 0.325 e. The molecule has 1 saturated carbocycles. The molecule has 0 radical (unpaired) electrons. The molecule has 5 N–H and O–H groups in total.